The number of H-pyrrole nitrogens is 1. The summed E-state index contributed by atoms with van der Waals surface area (Å²) in [5.41, 5.74) is 7.93. The molecular formula is C17H17N3O2S. The normalized spacial score (nSPS) is 13.6. The molecule has 0 aliphatic carbocycles. The molecule has 0 bridgehead atoms. The zero-order valence-electron chi connectivity index (χ0n) is 12.4. The summed E-state index contributed by atoms with van der Waals surface area (Å²) in [5, 5.41) is 1.04. The number of carbonyl (C=O) groups excluding carboxylic acids is 1. The van der Waals surface area contributed by atoms with Crippen molar-refractivity contribution in [1.82, 2.24) is 9.71 Å². The summed E-state index contributed by atoms with van der Waals surface area (Å²) < 4.78 is 14.5. The Morgan fingerprint density at radius 1 is 1.13 bits per heavy atom. The Morgan fingerprint density at radius 3 is 2.61 bits per heavy atom. The molecule has 1 aromatic heterocycles. The molecule has 1 amide bonds. The van der Waals surface area contributed by atoms with Crippen molar-refractivity contribution in [3.63, 3.8) is 0 Å². The fourth-order valence-corrected chi connectivity index (χ4v) is 3.26. The highest BCUT2D eigenvalue weighted by atomic mass is 32.2. The summed E-state index contributed by atoms with van der Waals surface area (Å²) >= 11 is 0. The van der Waals surface area contributed by atoms with Crippen LogP contribution < -0.4 is 10.5 Å². The lowest BCUT2D eigenvalue weighted by Gasteiger charge is -2.11. The number of fused-ring (bicyclic) bond motifs is 1. The second-order valence-electron chi connectivity index (χ2n) is 5.22. The molecule has 0 spiro atoms. The maximum absolute atomic E-state index is 12.1. The van der Waals surface area contributed by atoms with Gasteiger partial charge < -0.3 is 10.7 Å². The van der Waals surface area contributed by atoms with E-state index < -0.39 is 22.9 Å². The predicted molar refractivity (Wildman–Crippen MR) is 91.0 cm³/mol. The van der Waals surface area contributed by atoms with Crippen molar-refractivity contribution >= 4 is 27.8 Å². The first kappa shape index (κ1) is 15.5. The Bertz CT molecular complexity index is 845. The van der Waals surface area contributed by atoms with Gasteiger partial charge in [0.1, 0.15) is 0 Å². The van der Waals surface area contributed by atoms with Gasteiger partial charge in [-0.2, -0.15) is 0 Å². The molecule has 3 rings (SSSR count). The van der Waals surface area contributed by atoms with Crippen LogP contribution in [-0.2, 0) is 22.2 Å². The Hall–Kier alpha value is -2.44. The van der Waals surface area contributed by atoms with E-state index in [9.17, 15) is 9.00 Å². The number of para-hydroxylation sites is 1. The van der Waals surface area contributed by atoms with E-state index >= 15 is 0 Å². The van der Waals surface area contributed by atoms with Gasteiger partial charge >= 0.3 is 0 Å². The molecule has 4 N–H and O–H groups in total. The number of rotatable bonds is 5. The van der Waals surface area contributed by atoms with Crippen molar-refractivity contribution in [1.29, 1.82) is 0 Å². The number of benzene rings is 2. The number of carbonyl (C=O) groups is 1. The molecule has 6 heteroatoms. The first-order valence-electron chi connectivity index (χ1n) is 7.23. The molecule has 0 aliphatic rings. The topological polar surface area (TPSA) is 88.0 Å². The molecule has 3 aromatic rings. The molecule has 0 saturated carbocycles. The van der Waals surface area contributed by atoms with Crippen molar-refractivity contribution in [2.45, 2.75) is 17.4 Å². The lowest BCUT2D eigenvalue weighted by Crippen LogP contribution is -2.42. The number of aromatic amines is 1. The lowest BCUT2D eigenvalue weighted by molar-refractivity contribution is -0.120. The van der Waals surface area contributed by atoms with Gasteiger partial charge in [-0.25, -0.2) is 4.21 Å². The highest BCUT2D eigenvalue weighted by Gasteiger charge is 2.18. The van der Waals surface area contributed by atoms with Crippen LogP contribution in [0.15, 0.2) is 65.7 Å². The van der Waals surface area contributed by atoms with Gasteiger partial charge in [-0.15, -0.1) is 0 Å². The average Bonchev–Trinajstić information content (AvgIpc) is 2.98. The smallest absolute Gasteiger partial charge is 0.249 e. The van der Waals surface area contributed by atoms with Gasteiger partial charge in [0.2, 0.25) is 5.91 Å². The third-order valence-corrected chi connectivity index (χ3v) is 4.69. The van der Waals surface area contributed by atoms with Crippen LogP contribution in [-0.4, -0.2) is 21.1 Å². The van der Waals surface area contributed by atoms with Crippen molar-refractivity contribution in [2.24, 2.45) is 5.73 Å². The molecule has 2 atom stereocenters. The molecule has 23 heavy (non-hydrogen) atoms. The van der Waals surface area contributed by atoms with E-state index in [0.717, 1.165) is 16.5 Å². The first-order valence-corrected chi connectivity index (χ1v) is 8.38. The molecule has 0 saturated heterocycles. The molecular weight excluding hydrogens is 310 g/mol. The number of nitrogens with one attached hydrogen (secondary N) is 2. The molecule has 0 radical (unpaired) electrons. The molecule has 2 aromatic carbocycles. The fraction of sp³-hybridized carbons (Fsp3) is 0.118. The van der Waals surface area contributed by atoms with Gasteiger partial charge in [0, 0.05) is 17.1 Å². The Kier molecular flexibility index (Phi) is 4.55. The zero-order valence-corrected chi connectivity index (χ0v) is 13.2. The number of nitrogens with two attached hydrogens (primary N) is 1. The Balaban J connectivity index is 1.67. The van der Waals surface area contributed by atoms with Gasteiger partial charge in [-0.3, -0.25) is 9.52 Å². The molecule has 0 aliphatic heterocycles. The van der Waals surface area contributed by atoms with Gasteiger partial charge in [0.25, 0.3) is 0 Å². The number of amides is 1. The number of hydrogen-bond donors (Lipinski definition) is 3. The largest absolute Gasteiger partial charge is 0.361 e. The Morgan fingerprint density at radius 2 is 1.83 bits per heavy atom. The highest BCUT2D eigenvalue weighted by molar-refractivity contribution is 7.83. The second kappa shape index (κ2) is 6.76. The monoisotopic (exact) mass is 327 g/mol. The molecule has 2 unspecified atom stereocenters. The average molecular weight is 327 g/mol. The maximum Gasteiger partial charge on any atom is 0.249 e. The van der Waals surface area contributed by atoms with Crippen molar-refractivity contribution < 1.29 is 9.00 Å². The van der Waals surface area contributed by atoms with Crippen molar-refractivity contribution in [3.8, 4) is 0 Å². The van der Waals surface area contributed by atoms with Crippen LogP contribution in [0.3, 0.4) is 0 Å². The minimum absolute atomic E-state index is 0.377. The van der Waals surface area contributed by atoms with Crippen LogP contribution in [0.2, 0.25) is 0 Å². The highest BCUT2D eigenvalue weighted by Crippen LogP contribution is 2.18. The van der Waals surface area contributed by atoms with Crippen LogP contribution in [0.5, 0.6) is 0 Å². The van der Waals surface area contributed by atoms with E-state index in [2.05, 4.69) is 9.71 Å². The third-order valence-electron chi connectivity index (χ3n) is 3.60. The van der Waals surface area contributed by atoms with E-state index in [4.69, 9.17) is 5.73 Å². The quantitative estimate of drug-likeness (QED) is 0.668. The van der Waals surface area contributed by atoms with Gasteiger partial charge in [-0.1, -0.05) is 36.4 Å². The molecule has 0 fully saturated rings. The van der Waals surface area contributed by atoms with Gasteiger partial charge in [0.05, 0.1) is 10.9 Å². The van der Waals surface area contributed by atoms with E-state index in [-0.39, 0.29) is 0 Å². The summed E-state index contributed by atoms with van der Waals surface area (Å²) in [4.78, 5) is 15.8. The Labute approximate surface area is 136 Å². The van der Waals surface area contributed by atoms with Crippen LogP contribution in [0, 0.1) is 0 Å². The number of hydrogen-bond acceptors (Lipinski definition) is 3. The van der Waals surface area contributed by atoms with Crippen LogP contribution in [0.25, 0.3) is 10.9 Å². The third kappa shape index (κ3) is 3.49. The summed E-state index contributed by atoms with van der Waals surface area (Å²) in [6, 6.07) is 15.8. The SMILES string of the molecule is NC(Cc1c[nH]c2ccccc12)C(=O)NS(=O)c1ccccc1. The second-order valence-corrected chi connectivity index (χ2v) is 6.43. The minimum Gasteiger partial charge on any atom is -0.361 e. The van der Waals surface area contributed by atoms with Gasteiger partial charge in [-0.05, 0) is 30.2 Å². The minimum atomic E-state index is -1.60. The predicted octanol–water partition coefficient (Wildman–Crippen LogP) is 1.88. The van der Waals surface area contributed by atoms with Crippen LogP contribution in [0.1, 0.15) is 5.56 Å². The van der Waals surface area contributed by atoms with E-state index in [1.165, 1.54) is 0 Å². The van der Waals surface area contributed by atoms with Crippen LogP contribution in [0.4, 0.5) is 0 Å². The van der Waals surface area contributed by atoms with Crippen molar-refractivity contribution in [2.75, 3.05) is 0 Å². The molecule has 118 valence electrons. The zero-order chi connectivity index (χ0) is 16.2. The van der Waals surface area contributed by atoms with Gasteiger partial charge in [0.15, 0.2) is 11.0 Å². The van der Waals surface area contributed by atoms with E-state index in [0.29, 0.717) is 11.3 Å². The summed E-state index contributed by atoms with van der Waals surface area (Å²) in [5.74, 6) is -0.433. The number of aromatic nitrogens is 1. The summed E-state index contributed by atoms with van der Waals surface area (Å²) in [6.45, 7) is 0. The fourth-order valence-electron chi connectivity index (χ4n) is 2.40. The molecule has 1 heterocycles. The van der Waals surface area contributed by atoms with Crippen molar-refractivity contribution in [3.05, 3.63) is 66.4 Å². The lowest BCUT2D eigenvalue weighted by atomic mass is 10.1. The van der Waals surface area contributed by atoms with E-state index in [1.54, 1.807) is 24.3 Å². The van der Waals surface area contributed by atoms with Crippen LogP contribution >= 0.6 is 0 Å². The molecule has 5 nitrogen and oxygen atoms in total. The first-order chi connectivity index (χ1) is 11.1. The summed E-state index contributed by atoms with van der Waals surface area (Å²) in [7, 11) is -1.60. The maximum atomic E-state index is 12.1. The standard InChI is InChI=1S/C17H17N3O2S/c18-15(10-12-11-19-16-9-5-4-8-14(12)16)17(21)20-23(22)13-6-2-1-3-7-13/h1-9,11,15,19H,10,18H2,(H,20,21). The summed E-state index contributed by atoms with van der Waals surface area (Å²) in [6.07, 6.45) is 2.23. The van der Waals surface area contributed by atoms with E-state index in [1.807, 2.05) is 36.5 Å².